The Morgan fingerprint density at radius 3 is 2.45 bits per heavy atom. The molecule has 1 aliphatic carbocycles. The predicted molar refractivity (Wildman–Crippen MR) is 72.7 cm³/mol. The average Bonchev–Trinajstić information content (AvgIpc) is 2.49. The topological polar surface area (TPSA) is 92.9 Å². The fraction of sp³-hybridized carbons (Fsp3) is 0.857. The molecule has 0 aromatic rings. The van der Waals surface area contributed by atoms with E-state index >= 15 is 0 Å². The van der Waals surface area contributed by atoms with Crippen LogP contribution in [0.4, 0.5) is 4.79 Å². The van der Waals surface area contributed by atoms with E-state index in [1.54, 1.807) is 4.90 Å². The molecular weight excluding hydrogens is 260 g/mol. The van der Waals surface area contributed by atoms with E-state index in [2.05, 4.69) is 0 Å². The molecule has 1 heterocycles. The van der Waals surface area contributed by atoms with Gasteiger partial charge in [-0.2, -0.15) is 0 Å². The van der Waals surface area contributed by atoms with Gasteiger partial charge < -0.3 is 20.5 Å². The maximum Gasteiger partial charge on any atom is 0.410 e. The van der Waals surface area contributed by atoms with Gasteiger partial charge in [0, 0.05) is 24.4 Å². The number of hydrogen-bond acceptors (Lipinski definition) is 4. The summed E-state index contributed by atoms with van der Waals surface area (Å²) < 4.78 is 5.37. The summed E-state index contributed by atoms with van der Waals surface area (Å²) in [5.41, 5.74) is 3.97. The minimum atomic E-state index is -0.615. The van der Waals surface area contributed by atoms with Crippen LogP contribution in [-0.2, 0) is 9.53 Å². The van der Waals surface area contributed by atoms with Gasteiger partial charge in [0.2, 0.25) is 5.91 Å². The smallest absolute Gasteiger partial charge is 0.410 e. The van der Waals surface area contributed by atoms with E-state index in [1.807, 2.05) is 27.7 Å². The second kappa shape index (κ2) is 4.35. The van der Waals surface area contributed by atoms with Gasteiger partial charge in [-0.3, -0.25) is 4.79 Å². The summed E-state index contributed by atoms with van der Waals surface area (Å²) in [5, 5.41) is 9.78. The Morgan fingerprint density at radius 1 is 1.40 bits per heavy atom. The first-order chi connectivity index (χ1) is 9.05. The van der Waals surface area contributed by atoms with Crippen molar-refractivity contribution in [3.63, 3.8) is 0 Å². The Bertz CT molecular complexity index is 445. The normalized spacial score (nSPS) is 36.2. The lowest BCUT2D eigenvalue weighted by atomic mass is 9.46. The summed E-state index contributed by atoms with van der Waals surface area (Å²) in [6.45, 7) is 8.10. The van der Waals surface area contributed by atoms with Crippen molar-refractivity contribution in [1.82, 2.24) is 4.90 Å². The molecule has 2 amide bonds. The first-order valence-electron chi connectivity index (χ1n) is 6.93. The molecule has 3 atom stereocenters. The van der Waals surface area contributed by atoms with Gasteiger partial charge in [-0.15, -0.1) is 0 Å². The van der Waals surface area contributed by atoms with Crippen LogP contribution in [0.1, 0.15) is 34.1 Å². The van der Waals surface area contributed by atoms with Crippen molar-refractivity contribution >= 4 is 12.0 Å². The molecule has 114 valence electrons. The van der Waals surface area contributed by atoms with Gasteiger partial charge in [0.05, 0.1) is 6.61 Å². The van der Waals surface area contributed by atoms with Crippen LogP contribution in [0.25, 0.3) is 0 Å². The maximum absolute atomic E-state index is 12.2. The van der Waals surface area contributed by atoms with E-state index in [0.29, 0.717) is 19.5 Å². The molecule has 0 bridgehead atoms. The summed E-state index contributed by atoms with van der Waals surface area (Å²) in [6, 6.07) is 0. The van der Waals surface area contributed by atoms with Gasteiger partial charge in [0.15, 0.2) is 0 Å². The van der Waals surface area contributed by atoms with Crippen molar-refractivity contribution in [1.29, 1.82) is 0 Å². The molecule has 1 saturated heterocycles. The zero-order chi connectivity index (χ0) is 15.3. The van der Waals surface area contributed by atoms with E-state index in [-0.39, 0.29) is 17.9 Å². The van der Waals surface area contributed by atoms with Crippen molar-refractivity contribution in [3.05, 3.63) is 0 Å². The molecule has 0 aromatic heterocycles. The molecule has 20 heavy (non-hydrogen) atoms. The zero-order valence-electron chi connectivity index (χ0n) is 12.6. The standard InChI is InChI=1S/C14H24N2O4/c1-12(2,3)20-11(19)16-6-13(4)5-9(10(15)18)14(13,7-16)8-17/h9,17H,5-8H2,1-4H3,(H2,15,18)/t9-,13-,14+/m0/s1. The Kier molecular flexibility index (Phi) is 3.28. The molecule has 1 aliphatic heterocycles. The van der Waals surface area contributed by atoms with Crippen LogP contribution < -0.4 is 5.73 Å². The monoisotopic (exact) mass is 284 g/mol. The molecule has 2 rings (SSSR count). The van der Waals surface area contributed by atoms with E-state index < -0.39 is 23.0 Å². The summed E-state index contributed by atoms with van der Waals surface area (Å²) in [7, 11) is 0. The van der Waals surface area contributed by atoms with Gasteiger partial charge in [-0.25, -0.2) is 4.79 Å². The molecule has 0 spiro atoms. The first kappa shape index (κ1) is 15.1. The third-order valence-electron chi connectivity index (χ3n) is 4.81. The summed E-state index contributed by atoms with van der Waals surface area (Å²) in [6.07, 6.45) is 0.214. The highest BCUT2D eigenvalue weighted by Gasteiger charge is 2.69. The van der Waals surface area contributed by atoms with Crippen LogP contribution >= 0.6 is 0 Å². The van der Waals surface area contributed by atoms with Crippen LogP contribution in [0, 0.1) is 16.7 Å². The number of ether oxygens (including phenoxy) is 1. The fourth-order valence-electron chi connectivity index (χ4n) is 3.66. The van der Waals surface area contributed by atoms with Gasteiger partial charge in [0.1, 0.15) is 5.60 Å². The molecular formula is C14H24N2O4. The molecule has 0 radical (unpaired) electrons. The number of hydrogen-bond donors (Lipinski definition) is 2. The number of carbonyl (C=O) groups is 2. The molecule has 0 unspecified atom stereocenters. The third-order valence-corrected chi connectivity index (χ3v) is 4.81. The van der Waals surface area contributed by atoms with Gasteiger partial charge >= 0.3 is 6.09 Å². The zero-order valence-corrected chi connectivity index (χ0v) is 12.6. The van der Waals surface area contributed by atoms with E-state index in [9.17, 15) is 14.7 Å². The first-order valence-corrected chi connectivity index (χ1v) is 6.93. The van der Waals surface area contributed by atoms with Gasteiger partial charge in [-0.1, -0.05) is 6.92 Å². The minimum absolute atomic E-state index is 0.142. The van der Waals surface area contributed by atoms with Crippen LogP contribution in [-0.4, -0.2) is 47.3 Å². The van der Waals surface area contributed by atoms with E-state index in [4.69, 9.17) is 10.5 Å². The molecule has 3 N–H and O–H groups in total. The molecule has 2 fully saturated rings. The largest absolute Gasteiger partial charge is 0.444 e. The van der Waals surface area contributed by atoms with Crippen molar-refractivity contribution in [2.75, 3.05) is 19.7 Å². The molecule has 0 aromatic carbocycles. The van der Waals surface area contributed by atoms with Gasteiger partial charge in [0.25, 0.3) is 0 Å². The molecule has 1 saturated carbocycles. The highest BCUT2D eigenvalue weighted by atomic mass is 16.6. The van der Waals surface area contributed by atoms with Crippen LogP contribution in [0.15, 0.2) is 0 Å². The number of nitrogens with zero attached hydrogens (tertiary/aromatic N) is 1. The highest BCUT2D eigenvalue weighted by Crippen LogP contribution is 2.64. The lowest BCUT2D eigenvalue weighted by molar-refractivity contribution is -0.158. The third kappa shape index (κ3) is 2.06. The van der Waals surface area contributed by atoms with Crippen molar-refractivity contribution in [3.8, 4) is 0 Å². The Labute approximate surface area is 119 Å². The number of likely N-dealkylation sites (tertiary alicyclic amines) is 1. The quantitative estimate of drug-likeness (QED) is 0.781. The number of rotatable bonds is 2. The number of primary amides is 1. The second-order valence-electron chi connectivity index (χ2n) is 7.37. The number of carbonyl (C=O) groups excluding carboxylic acids is 2. The van der Waals surface area contributed by atoms with Gasteiger partial charge in [-0.05, 0) is 32.6 Å². The van der Waals surface area contributed by atoms with Crippen molar-refractivity contribution < 1.29 is 19.4 Å². The second-order valence-corrected chi connectivity index (χ2v) is 7.37. The maximum atomic E-state index is 12.2. The number of aliphatic hydroxyl groups is 1. The lowest BCUT2D eigenvalue weighted by Crippen LogP contribution is -2.62. The summed E-state index contributed by atoms with van der Waals surface area (Å²) in [4.78, 5) is 25.3. The average molecular weight is 284 g/mol. The molecule has 6 nitrogen and oxygen atoms in total. The molecule has 2 aliphatic rings. The number of fused-ring (bicyclic) bond motifs is 1. The number of nitrogens with two attached hydrogens (primary N) is 1. The summed E-state index contributed by atoms with van der Waals surface area (Å²) in [5.74, 6) is -0.771. The Balaban J connectivity index is 2.17. The van der Waals surface area contributed by atoms with Crippen LogP contribution in [0.5, 0.6) is 0 Å². The van der Waals surface area contributed by atoms with Crippen molar-refractivity contribution in [2.24, 2.45) is 22.5 Å². The molecule has 6 heteroatoms. The minimum Gasteiger partial charge on any atom is -0.444 e. The van der Waals surface area contributed by atoms with E-state index in [0.717, 1.165) is 0 Å². The van der Waals surface area contributed by atoms with Crippen LogP contribution in [0.2, 0.25) is 0 Å². The van der Waals surface area contributed by atoms with Crippen molar-refractivity contribution in [2.45, 2.75) is 39.7 Å². The number of amides is 2. The predicted octanol–water partition coefficient (Wildman–Crippen LogP) is 0.727. The SMILES string of the molecule is CC(C)(C)OC(=O)N1C[C@]2(C)C[C@@H](C(N)=O)[C@]2(CO)C1. The Morgan fingerprint density at radius 2 is 2.00 bits per heavy atom. The number of aliphatic hydroxyl groups excluding tert-OH is 1. The van der Waals surface area contributed by atoms with E-state index in [1.165, 1.54) is 0 Å². The lowest BCUT2D eigenvalue weighted by Gasteiger charge is -2.56. The van der Waals surface area contributed by atoms with Crippen LogP contribution in [0.3, 0.4) is 0 Å². The highest BCUT2D eigenvalue weighted by molar-refractivity contribution is 5.80. The fourth-order valence-corrected chi connectivity index (χ4v) is 3.66. The Hall–Kier alpha value is -1.30. The summed E-state index contributed by atoms with van der Waals surface area (Å²) >= 11 is 0.